The Morgan fingerprint density at radius 1 is 1.00 bits per heavy atom. The molecule has 3 atom stereocenters. The van der Waals surface area contributed by atoms with Crippen molar-refractivity contribution in [2.45, 2.75) is 58.2 Å². The van der Waals surface area contributed by atoms with E-state index in [9.17, 15) is 15.0 Å². The van der Waals surface area contributed by atoms with Crippen LogP contribution in [0.1, 0.15) is 53.3 Å². The van der Waals surface area contributed by atoms with Crippen LogP contribution in [0.5, 0.6) is 5.88 Å². The highest BCUT2D eigenvalue weighted by atomic mass is 35.5. The van der Waals surface area contributed by atoms with Crippen LogP contribution >= 0.6 is 11.6 Å². The minimum atomic E-state index is -0.724. The third-order valence-corrected chi connectivity index (χ3v) is 11.3. The number of fused-ring (bicyclic) bond motifs is 2. The highest BCUT2D eigenvalue weighted by molar-refractivity contribution is 6.35. The molecule has 50 heavy (non-hydrogen) atoms. The third-order valence-electron chi connectivity index (χ3n) is 10.9. The van der Waals surface area contributed by atoms with Crippen molar-refractivity contribution in [3.05, 3.63) is 81.6 Å². The maximum Gasteiger partial charge on any atom is 0.307 e. The summed E-state index contributed by atoms with van der Waals surface area (Å²) >= 11 is 7.00. The van der Waals surface area contributed by atoms with Crippen LogP contribution < -0.4 is 4.74 Å². The molecular weight excluding hydrogens is 654 g/mol. The molecule has 258 valence electrons. The maximum absolute atomic E-state index is 11.6. The zero-order valence-electron chi connectivity index (χ0n) is 28.4. The SMILES string of the molecule is COc1nc(-c2cccc(-c3cccc(-c4nc5cc6c(c(Cl)c5o4)CC[C@H]6N4CC[C@@H](C(=O)O)C4)c3C)c2C)cnc1CN1CC[C@@H](O)C1. The van der Waals surface area contributed by atoms with E-state index >= 15 is 0 Å². The number of hydrogen-bond acceptors (Lipinski definition) is 9. The number of aliphatic hydroxyl groups is 1. The molecule has 2 N–H and O–H groups in total. The van der Waals surface area contributed by atoms with Gasteiger partial charge in [-0.3, -0.25) is 19.6 Å². The number of aliphatic carboxylic acids is 1. The number of carbonyl (C=O) groups is 1. The lowest BCUT2D eigenvalue weighted by Gasteiger charge is -2.24. The lowest BCUT2D eigenvalue weighted by Crippen LogP contribution is -2.26. The Kier molecular flexibility index (Phi) is 8.59. The van der Waals surface area contributed by atoms with Crippen LogP contribution in [0.15, 0.2) is 53.1 Å². The molecule has 0 bridgehead atoms. The number of benzene rings is 3. The van der Waals surface area contributed by atoms with Crippen molar-refractivity contribution < 1.29 is 24.2 Å². The first-order valence-electron chi connectivity index (χ1n) is 17.3. The van der Waals surface area contributed by atoms with Crippen molar-refractivity contribution in [1.29, 1.82) is 0 Å². The van der Waals surface area contributed by atoms with Gasteiger partial charge in [0.05, 0.1) is 36.0 Å². The summed E-state index contributed by atoms with van der Waals surface area (Å²) in [5, 5.41) is 20.1. The van der Waals surface area contributed by atoms with Crippen molar-refractivity contribution in [1.82, 2.24) is 24.8 Å². The Hall–Kier alpha value is -4.35. The van der Waals surface area contributed by atoms with Crippen LogP contribution in [0.3, 0.4) is 0 Å². The molecule has 2 aliphatic heterocycles. The van der Waals surface area contributed by atoms with Gasteiger partial charge in [-0.15, -0.1) is 0 Å². The molecule has 0 radical (unpaired) electrons. The van der Waals surface area contributed by atoms with Gasteiger partial charge in [0.15, 0.2) is 5.58 Å². The molecule has 11 heteroatoms. The largest absolute Gasteiger partial charge is 0.481 e. The summed E-state index contributed by atoms with van der Waals surface area (Å²) in [6.07, 6.45) is 4.67. The first-order chi connectivity index (χ1) is 24.2. The Morgan fingerprint density at radius 3 is 2.44 bits per heavy atom. The third kappa shape index (κ3) is 5.74. The van der Waals surface area contributed by atoms with Gasteiger partial charge in [-0.2, -0.15) is 0 Å². The molecule has 2 saturated heterocycles. The molecule has 0 unspecified atom stereocenters. The molecule has 0 saturated carbocycles. The molecular formula is C39H40ClN5O5. The molecule has 3 aliphatic rings. The normalized spacial score (nSPS) is 20.9. The second-order valence-corrected chi connectivity index (χ2v) is 14.2. The number of ether oxygens (including phenoxy) is 1. The summed E-state index contributed by atoms with van der Waals surface area (Å²) in [6.45, 7) is 7.53. The minimum absolute atomic E-state index is 0.136. The van der Waals surface area contributed by atoms with Crippen molar-refractivity contribution >= 4 is 28.7 Å². The number of methoxy groups -OCH3 is 1. The predicted octanol–water partition coefficient (Wildman–Crippen LogP) is 6.86. The average Bonchev–Trinajstić information content (AvgIpc) is 3.92. The quantitative estimate of drug-likeness (QED) is 0.178. The van der Waals surface area contributed by atoms with E-state index < -0.39 is 5.97 Å². The summed E-state index contributed by atoms with van der Waals surface area (Å²) in [7, 11) is 1.61. The molecule has 5 aromatic rings. The van der Waals surface area contributed by atoms with Gasteiger partial charge in [-0.25, -0.2) is 9.97 Å². The van der Waals surface area contributed by atoms with Crippen LogP contribution in [0.2, 0.25) is 5.02 Å². The number of carboxylic acids is 1. The first-order valence-corrected chi connectivity index (χ1v) is 17.7. The highest BCUT2D eigenvalue weighted by Crippen LogP contribution is 2.45. The van der Waals surface area contributed by atoms with E-state index in [1.165, 1.54) is 0 Å². The Balaban J connectivity index is 1.11. The Bertz CT molecular complexity index is 2130. The number of likely N-dealkylation sites (tertiary alicyclic amines) is 2. The van der Waals surface area contributed by atoms with Gasteiger partial charge in [-0.1, -0.05) is 41.9 Å². The van der Waals surface area contributed by atoms with Crippen LogP contribution in [-0.4, -0.2) is 80.3 Å². The van der Waals surface area contributed by atoms with Crippen LogP contribution in [0.4, 0.5) is 0 Å². The lowest BCUT2D eigenvalue weighted by molar-refractivity contribution is -0.141. The summed E-state index contributed by atoms with van der Waals surface area (Å²) in [6, 6.07) is 14.6. The van der Waals surface area contributed by atoms with Crippen molar-refractivity contribution in [3.8, 4) is 39.7 Å². The summed E-state index contributed by atoms with van der Waals surface area (Å²) < 4.78 is 12.1. The molecule has 2 aromatic heterocycles. The van der Waals surface area contributed by atoms with E-state index in [4.69, 9.17) is 35.7 Å². The van der Waals surface area contributed by atoms with E-state index in [-0.39, 0.29) is 18.1 Å². The molecule has 0 spiro atoms. The van der Waals surface area contributed by atoms with Gasteiger partial charge in [-0.05, 0) is 91.6 Å². The molecule has 2 fully saturated rings. The molecule has 8 rings (SSSR count). The monoisotopic (exact) mass is 693 g/mol. The van der Waals surface area contributed by atoms with E-state index in [0.29, 0.717) is 53.9 Å². The second kappa shape index (κ2) is 13.1. The number of aliphatic hydroxyl groups excluding tert-OH is 1. The number of halogens is 1. The van der Waals surface area contributed by atoms with E-state index in [0.717, 1.165) is 88.2 Å². The fourth-order valence-electron chi connectivity index (χ4n) is 8.17. The lowest BCUT2D eigenvalue weighted by atomic mass is 9.90. The molecule has 0 amide bonds. The topological polar surface area (TPSA) is 125 Å². The van der Waals surface area contributed by atoms with E-state index in [2.05, 4.69) is 47.9 Å². The van der Waals surface area contributed by atoms with Gasteiger partial charge in [0.2, 0.25) is 11.8 Å². The Morgan fingerprint density at radius 2 is 1.74 bits per heavy atom. The fraction of sp³-hybridized carbons (Fsp3) is 0.385. The van der Waals surface area contributed by atoms with E-state index in [1.807, 2.05) is 18.2 Å². The maximum atomic E-state index is 11.6. The van der Waals surface area contributed by atoms with Crippen LogP contribution in [0.25, 0.3) is 44.9 Å². The van der Waals surface area contributed by atoms with Crippen LogP contribution in [-0.2, 0) is 17.8 Å². The zero-order valence-corrected chi connectivity index (χ0v) is 29.2. The van der Waals surface area contributed by atoms with Gasteiger partial charge in [0, 0.05) is 43.3 Å². The number of carboxylic acid groups (broad SMARTS) is 1. The standard InChI is InChI=1S/C39H40ClN5O5/c1-21-25(6-4-8-27(21)32-17-41-33(38(43-32)49-3)20-44-14-13-24(46)19-44)26-7-5-9-28(22(26)2)37-42-31-16-30-29(35(40)36(31)50-37)10-11-34(30)45-15-12-23(18-45)39(47)48/h4-9,16-17,23-24,34,46H,10-15,18-20H2,1-3H3,(H,47,48)/t23-,24-,34-/m1/s1. The van der Waals surface area contributed by atoms with Crippen molar-refractivity contribution in [3.63, 3.8) is 0 Å². The van der Waals surface area contributed by atoms with Gasteiger partial charge in [0.25, 0.3) is 0 Å². The van der Waals surface area contributed by atoms with Gasteiger partial charge >= 0.3 is 5.97 Å². The van der Waals surface area contributed by atoms with Crippen molar-refractivity contribution in [2.75, 3.05) is 33.3 Å². The van der Waals surface area contributed by atoms with Gasteiger partial charge < -0.3 is 19.4 Å². The molecule has 3 aromatic carbocycles. The van der Waals surface area contributed by atoms with Gasteiger partial charge in [0.1, 0.15) is 11.2 Å². The van der Waals surface area contributed by atoms with Crippen molar-refractivity contribution in [2.24, 2.45) is 5.92 Å². The average molecular weight is 694 g/mol. The highest BCUT2D eigenvalue weighted by Gasteiger charge is 2.37. The van der Waals surface area contributed by atoms with Crippen LogP contribution in [0, 0.1) is 19.8 Å². The molecule has 4 heterocycles. The Labute approximate surface area is 295 Å². The number of nitrogens with zero attached hydrogens (tertiary/aromatic N) is 5. The first kappa shape index (κ1) is 32.8. The summed E-state index contributed by atoms with van der Waals surface area (Å²) in [4.78, 5) is 30.6. The minimum Gasteiger partial charge on any atom is -0.481 e. The second-order valence-electron chi connectivity index (χ2n) is 13.8. The smallest absolute Gasteiger partial charge is 0.307 e. The number of β-amino-alcohol motifs (C(OH)–C–C–N with tert-alkyl or cyclic N) is 1. The predicted molar refractivity (Wildman–Crippen MR) is 191 cm³/mol. The number of aromatic nitrogens is 3. The fourth-order valence-corrected chi connectivity index (χ4v) is 8.51. The number of hydrogen-bond donors (Lipinski definition) is 2. The number of rotatable bonds is 8. The molecule has 1 aliphatic carbocycles. The summed E-state index contributed by atoms with van der Waals surface area (Å²) in [5.41, 5.74) is 11.1. The summed E-state index contributed by atoms with van der Waals surface area (Å²) in [5.74, 6) is -0.0460. The number of oxazole rings is 1. The molecule has 10 nitrogen and oxygen atoms in total. The van der Waals surface area contributed by atoms with E-state index in [1.54, 1.807) is 13.3 Å². The zero-order chi connectivity index (χ0) is 34.7.